The van der Waals surface area contributed by atoms with E-state index >= 15 is 0 Å². The monoisotopic (exact) mass is 255 g/mol. The molecule has 17 heavy (non-hydrogen) atoms. The van der Waals surface area contributed by atoms with E-state index in [1.165, 1.54) is 6.20 Å². The van der Waals surface area contributed by atoms with Crippen LogP contribution in [0.3, 0.4) is 0 Å². The highest BCUT2D eigenvalue weighted by Gasteiger charge is 2.33. The molecule has 0 bridgehead atoms. The first-order chi connectivity index (χ1) is 8.09. The van der Waals surface area contributed by atoms with Crippen LogP contribution in [0.1, 0.15) is 26.7 Å². The van der Waals surface area contributed by atoms with E-state index in [9.17, 15) is 4.79 Å². The summed E-state index contributed by atoms with van der Waals surface area (Å²) in [6.07, 6.45) is 4.51. The summed E-state index contributed by atoms with van der Waals surface area (Å²) in [7, 11) is 0. The zero-order chi connectivity index (χ0) is 12.9. The summed E-state index contributed by atoms with van der Waals surface area (Å²) in [5.74, 6) is -0.0973. The number of pyridine rings is 1. The number of aromatic nitrogens is 1. The highest BCUT2D eigenvalue weighted by atomic mass is 35.5. The van der Waals surface area contributed by atoms with Crippen LogP contribution in [0.2, 0.25) is 5.02 Å². The van der Waals surface area contributed by atoms with Crippen molar-refractivity contribution >= 4 is 23.2 Å². The third-order valence-corrected chi connectivity index (χ3v) is 3.57. The summed E-state index contributed by atoms with van der Waals surface area (Å²) in [4.78, 5) is 16.1. The lowest BCUT2D eigenvalue weighted by molar-refractivity contribution is -0.125. The SMILES string of the molecule is CCC(CC)(CN)C(=O)Nc1cnccc1Cl. The van der Waals surface area contributed by atoms with Gasteiger partial charge in [0.1, 0.15) is 0 Å². The molecule has 0 saturated heterocycles. The minimum absolute atomic E-state index is 0.0973. The van der Waals surface area contributed by atoms with Gasteiger partial charge in [-0.25, -0.2) is 0 Å². The second kappa shape index (κ2) is 5.98. The van der Waals surface area contributed by atoms with Crippen LogP contribution < -0.4 is 11.1 Å². The van der Waals surface area contributed by atoms with Crippen LogP contribution in [-0.2, 0) is 4.79 Å². The number of hydrogen-bond donors (Lipinski definition) is 2. The van der Waals surface area contributed by atoms with Gasteiger partial charge >= 0.3 is 0 Å². The summed E-state index contributed by atoms with van der Waals surface area (Å²) < 4.78 is 0. The molecule has 0 fully saturated rings. The quantitative estimate of drug-likeness (QED) is 0.849. The summed E-state index contributed by atoms with van der Waals surface area (Å²) in [6.45, 7) is 4.24. The second-order valence-electron chi connectivity index (χ2n) is 4.00. The fourth-order valence-corrected chi connectivity index (χ4v) is 1.83. The minimum atomic E-state index is -0.529. The number of nitrogens with one attached hydrogen (secondary N) is 1. The van der Waals surface area contributed by atoms with Crippen LogP contribution in [0.25, 0.3) is 0 Å². The maximum Gasteiger partial charge on any atom is 0.231 e. The van der Waals surface area contributed by atoms with E-state index in [0.29, 0.717) is 30.1 Å². The maximum absolute atomic E-state index is 12.2. The highest BCUT2D eigenvalue weighted by Crippen LogP contribution is 2.28. The van der Waals surface area contributed by atoms with Crippen LogP contribution in [0, 0.1) is 5.41 Å². The molecule has 94 valence electrons. The summed E-state index contributed by atoms with van der Waals surface area (Å²) in [6, 6.07) is 1.64. The van der Waals surface area contributed by atoms with Crippen LogP contribution in [-0.4, -0.2) is 17.4 Å². The average molecular weight is 256 g/mol. The van der Waals surface area contributed by atoms with E-state index in [1.807, 2.05) is 13.8 Å². The van der Waals surface area contributed by atoms with E-state index in [1.54, 1.807) is 12.3 Å². The first kappa shape index (κ1) is 13.9. The average Bonchev–Trinajstić information content (AvgIpc) is 2.35. The molecule has 0 aliphatic rings. The Labute approximate surface area is 107 Å². The van der Waals surface area contributed by atoms with Gasteiger partial charge in [-0.2, -0.15) is 0 Å². The lowest BCUT2D eigenvalue weighted by atomic mass is 9.81. The maximum atomic E-state index is 12.2. The largest absolute Gasteiger partial charge is 0.329 e. The Morgan fingerprint density at radius 2 is 2.18 bits per heavy atom. The fraction of sp³-hybridized carbons (Fsp3) is 0.500. The Morgan fingerprint density at radius 3 is 2.65 bits per heavy atom. The van der Waals surface area contributed by atoms with Gasteiger partial charge in [-0.1, -0.05) is 25.4 Å². The van der Waals surface area contributed by atoms with Gasteiger partial charge < -0.3 is 11.1 Å². The molecule has 1 heterocycles. The number of amides is 1. The molecule has 1 rings (SSSR count). The number of carbonyl (C=O) groups is 1. The Kier molecular flexibility index (Phi) is 4.90. The molecular weight excluding hydrogens is 238 g/mol. The van der Waals surface area contributed by atoms with Gasteiger partial charge in [0.15, 0.2) is 0 Å². The van der Waals surface area contributed by atoms with Gasteiger partial charge in [0.05, 0.1) is 22.3 Å². The number of nitrogens with zero attached hydrogens (tertiary/aromatic N) is 1. The third-order valence-electron chi connectivity index (χ3n) is 3.24. The number of hydrogen-bond acceptors (Lipinski definition) is 3. The molecule has 0 unspecified atom stereocenters. The smallest absolute Gasteiger partial charge is 0.231 e. The molecule has 3 N–H and O–H groups in total. The van der Waals surface area contributed by atoms with Crippen LogP contribution in [0.5, 0.6) is 0 Å². The van der Waals surface area contributed by atoms with Crippen molar-refractivity contribution < 1.29 is 4.79 Å². The fourth-order valence-electron chi connectivity index (χ4n) is 1.68. The van der Waals surface area contributed by atoms with Crippen molar-refractivity contribution in [1.29, 1.82) is 0 Å². The van der Waals surface area contributed by atoms with Gasteiger partial charge in [-0.15, -0.1) is 0 Å². The van der Waals surface area contributed by atoms with Crippen molar-refractivity contribution in [2.45, 2.75) is 26.7 Å². The lowest BCUT2D eigenvalue weighted by Gasteiger charge is -2.28. The molecule has 1 amide bonds. The number of carbonyl (C=O) groups excluding carboxylic acids is 1. The van der Waals surface area contributed by atoms with Gasteiger partial charge in [0.25, 0.3) is 0 Å². The molecule has 0 saturated carbocycles. The van der Waals surface area contributed by atoms with Crippen molar-refractivity contribution in [2.75, 3.05) is 11.9 Å². The Hall–Kier alpha value is -1.13. The summed E-state index contributed by atoms with van der Waals surface area (Å²) >= 11 is 5.96. The summed E-state index contributed by atoms with van der Waals surface area (Å²) in [5, 5.41) is 3.27. The second-order valence-corrected chi connectivity index (χ2v) is 4.41. The molecule has 0 aliphatic heterocycles. The number of nitrogens with two attached hydrogens (primary N) is 1. The molecule has 5 heteroatoms. The predicted molar refractivity (Wildman–Crippen MR) is 69.9 cm³/mol. The van der Waals surface area contributed by atoms with E-state index in [4.69, 9.17) is 17.3 Å². The highest BCUT2D eigenvalue weighted by molar-refractivity contribution is 6.33. The van der Waals surface area contributed by atoms with E-state index < -0.39 is 5.41 Å². The number of halogens is 1. The van der Waals surface area contributed by atoms with Crippen molar-refractivity contribution in [3.05, 3.63) is 23.5 Å². The molecule has 1 aromatic rings. The topological polar surface area (TPSA) is 68.0 Å². The Morgan fingerprint density at radius 1 is 1.53 bits per heavy atom. The minimum Gasteiger partial charge on any atom is -0.329 e. The first-order valence-electron chi connectivity index (χ1n) is 5.70. The Balaban J connectivity index is 2.88. The van der Waals surface area contributed by atoms with Crippen LogP contribution in [0.15, 0.2) is 18.5 Å². The molecule has 4 nitrogen and oxygen atoms in total. The standard InChI is InChI=1S/C12H18ClN3O/c1-3-12(4-2,8-14)11(17)16-10-7-15-6-5-9(10)13/h5-7H,3-4,8,14H2,1-2H3,(H,16,17). The predicted octanol–water partition coefficient (Wildman–Crippen LogP) is 2.44. The molecule has 0 atom stereocenters. The lowest BCUT2D eigenvalue weighted by Crippen LogP contribution is -2.41. The first-order valence-corrected chi connectivity index (χ1v) is 6.08. The molecule has 0 aliphatic carbocycles. The molecule has 0 radical (unpaired) electrons. The van der Waals surface area contributed by atoms with Gasteiger partial charge in [0.2, 0.25) is 5.91 Å². The zero-order valence-corrected chi connectivity index (χ0v) is 10.9. The molecule has 1 aromatic heterocycles. The molecule has 0 spiro atoms. The normalized spacial score (nSPS) is 11.3. The molecule has 0 aromatic carbocycles. The van der Waals surface area contributed by atoms with E-state index in [2.05, 4.69) is 10.3 Å². The Bertz CT molecular complexity index is 383. The van der Waals surface area contributed by atoms with Crippen molar-refractivity contribution in [3.8, 4) is 0 Å². The summed E-state index contributed by atoms with van der Waals surface area (Å²) in [5.41, 5.74) is 5.71. The van der Waals surface area contributed by atoms with Gasteiger partial charge in [0, 0.05) is 12.7 Å². The van der Waals surface area contributed by atoms with Crippen molar-refractivity contribution in [2.24, 2.45) is 11.1 Å². The van der Waals surface area contributed by atoms with E-state index in [-0.39, 0.29) is 5.91 Å². The van der Waals surface area contributed by atoms with Crippen molar-refractivity contribution in [3.63, 3.8) is 0 Å². The van der Waals surface area contributed by atoms with Crippen LogP contribution >= 0.6 is 11.6 Å². The number of rotatable bonds is 5. The molecular formula is C12H18ClN3O. The van der Waals surface area contributed by atoms with Gasteiger partial charge in [-0.3, -0.25) is 9.78 Å². The van der Waals surface area contributed by atoms with Gasteiger partial charge in [-0.05, 0) is 18.9 Å². The van der Waals surface area contributed by atoms with E-state index in [0.717, 1.165) is 0 Å². The number of anilines is 1. The zero-order valence-electron chi connectivity index (χ0n) is 10.2. The van der Waals surface area contributed by atoms with Crippen LogP contribution in [0.4, 0.5) is 5.69 Å². The third kappa shape index (κ3) is 2.96. The van der Waals surface area contributed by atoms with Crippen molar-refractivity contribution in [1.82, 2.24) is 4.98 Å².